The third-order valence-electron chi connectivity index (χ3n) is 6.67. The second kappa shape index (κ2) is 8.99. The molecule has 34 heavy (non-hydrogen) atoms. The van der Waals surface area contributed by atoms with Gasteiger partial charge < -0.3 is 9.84 Å². The predicted octanol–water partition coefficient (Wildman–Crippen LogP) is 4.06. The molecule has 10 heteroatoms. The lowest BCUT2D eigenvalue weighted by Gasteiger charge is -2.47. The van der Waals surface area contributed by atoms with E-state index in [2.05, 4.69) is 14.3 Å². The summed E-state index contributed by atoms with van der Waals surface area (Å²) in [5.74, 6) is 0.0645. The molecule has 5 rings (SSSR count). The van der Waals surface area contributed by atoms with Gasteiger partial charge in [-0.3, -0.25) is 4.90 Å². The second-order valence-corrected chi connectivity index (χ2v) is 12.1. The van der Waals surface area contributed by atoms with Gasteiger partial charge in [-0.1, -0.05) is 18.2 Å². The van der Waals surface area contributed by atoms with Crippen LogP contribution >= 0.6 is 11.5 Å². The SMILES string of the molecule is C[C@@]1(O)CCN([C@@H]2CCOc3cc(S(=O)(=O)Cc4ncns4)ccc32)[C@@H](c2ccc(F)cc2)C1. The molecule has 2 aliphatic heterocycles. The van der Waals surface area contributed by atoms with Gasteiger partial charge in [0.05, 0.1) is 17.1 Å². The molecule has 0 amide bonds. The zero-order chi connectivity index (χ0) is 23.9. The lowest BCUT2D eigenvalue weighted by atomic mass is 9.82. The molecule has 7 nitrogen and oxygen atoms in total. The number of halogens is 1. The molecular weight excluding hydrogens is 477 g/mol. The van der Waals surface area contributed by atoms with Crippen molar-refractivity contribution < 1.29 is 22.7 Å². The first-order chi connectivity index (χ1) is 16.2. The van der Waals surface area contributed by atoms with Crippen LogP contribution in [0.4, 0.5) is 4.39 Å². The molecule has 0 spiro atoms. The molecule has 1 fully saturated rings. The molecule has 0 unspecified atom stereocenters. The molecule has 0 bridgehead atoms. The minimum Gasteiger partial charge on any atom is -0.493 e. The number of aromatic nitrogens is 2. The number of rotatable bonds is 5. The van der Waals surface area contributed by atoms with Crippen molar-refractivity contribution in [3.63, 3.8) is 0 Å². The van der Waals surface area contributed by atoms with Crippen LogP contribution in [0.15, 0.2) is 53.7 Å². The molecule has 3 atom stereocenters. The molecule has 3 aromatic rings. The van der Waals surface area contributed by atoms with Gasteiger partial charge in [-0.15, -0.1) is 0 Å². The molecule has 0 aliphatic carbocycles. The van der Waals surface area contributed by atoms with Gasteiger partial charge in [0, 0.05) is 30.6 Å². The summed E-state index contributed by atoms with van der Waals surface area (Å²) in [5, 5.41) is 11.2. The molecule has 1 N–H and O–H groups in total. The molecule has 0 radical (unpaired) electrons. The van der Waals surface area contributed by atoms with E-state index in [0.717, 1.165) is 29.1 Å². The third-order valence-corrected chi connectivity index (χ3v) is 9.14. The van der Waals surface area contributed by atoms with Crippen molar-refractivity contribution in [2.24, 2.45) is 0 Å². The third kappa shape index (κ3) is 4.72. The van der Waals surface area contributed by atoms with Crippen LogP contribution in [0.25, 0.3) is 0 Å². The summed E-state index contributed by atoms with van der Waals surface area (Å²) < 4.78 is 49.2. The van der Waals surface area contributed by atoms with Crippen LogP contribution < -0.4 is 4.74 Å². The maximum Gasteiger partial charge on any atom is 0.185 e. The van der Waals surface area contributed by atoms with Crippen molar-refractivity contribution in [3.05, 3.63) is 70.7 Å². The van der Waals surface area contributed by atoms with Crippen LogP contribution in [0.3, 0.4) is 0 Å². The van der Waals surface area contributed by atoms with Gasteiger partial charge in [0.15, 0.2) is 9.84 Å². The molecule has 180 valence electrons. The molecule has 1 saturated heterocycles. The number of likely N-dealkylation sites (tertiary alicyclic amines) is 1. The fraction of sp³-hybridized carbons (Fsp3) is 0.417. The van der Waals surface area contributed by atoms with E-state index in [1.165, 1.54) is 18.5 Å². The van der Waals surface area contributed by atoms with Gasteiger partial charge in [0.1, 0.15) is 28.7 Å². The van der Waals surface area contributed by atoms with E-state index in [0.29, 0.717) is 36.8 Å². The van der Waals surface area contributed by atoms with Crippen molar-refractivity contribution in [2.45, 2.75) is 54.5 Å². The Bertz CT molecular complexity index is 1260. The number of nitrogens with zero attached hydrogens (tertiary/aromatic N) is 3. The van der Waals surface area contributed by atoms with Gasteiger partial charge in [0.2, 0.25) is 0 Å². The Hall–Kier alpha value is -2.40. The molecule has 1 aromatic heterocycles. The van der Waals surface area contributed by atoms with E-state index < -0.39 is 15.4 Å². The minimum atomic E-state index is -3.59. The Balaban J connectivity index is 1.46. The standard InChI is InChI=1S/C24H26FN3O4S2/c1-24(29)9-10-28(21(13-24)16-2-4-17(25)5-3-16)20-8-11-32-22-12-18(6-7-19(20)22)34(30,31)14-23-26-15-27-33-23/h2-7,12,15,20-21,29H,8-11,13-14H2,1H3/t20-,21-,24-/m1/s1. The average Bonchev–Trinajstić information content (AvgIpc) is 3.31. The van der Waals surface area contributed by atoms with E-state index in [1.807, 2.05) is 13.0 Å². The van der Waals surface area contributed by atoms with Crippen molar-refractivity contribution in [1.29, 1.82) is 0 Å². The lowest BCUT2D eigenvalue weighted by molar-refractivity contribution is -0.0540. The highest BCUT2D eigenvalue weighted by molar-refractivity contribution is 7.90. The number of aliphatic hydroxyl groups is 1. The highest BCUT2D eigenvalue weighted by atomic mass is 32.2. The average molecular weight is 504 g/mol. The van der Waals surface area contributed by atoms with Crippen LogP contribution in [-0.2, 0) is 15.6 Å². The molecule has 2 aromatic carbocycles. The van der Waals surface area contributed by atoms with Crippen LogP contribution in [0.2, 0.25) is 0 Å². The number of hydrogen-bond acceptors (Lipinski definition) is 8. The first-order valence-electron chi connectivity index (χ1n) is 11.2. The summed E-state index contributed by atoms with van der Waals surface area (Å²) in [5.41, 5.74) is 1.06. The Kier molecular flexibility index (Phi) is 6.18. The Morgan fingerprint density at radius 3 is 2.76 bits per heavy atom. The zero-order valence-electron chi connectivity index (χ0n) is 18.7. The monoisotopic (exact) mass is 503 g/mol. The van der Waals surface area contributed by atoms with Crippen LogP contribution in [-0.4, -0.2) is 46.5 Å². The molecular formula is C24H26FN3O4S2. The summed E-state index contributed by atoms with van der Waals surface area (Å²) in [6.45, 7) is 2.96. The van der Waals surface area contributed by atoms with Crippen molar-refractivity contribution in [1.82, 2.24) is 14.3 Å². The number of hydrogen-bond donors (Lipinski definition) is 1. The number of ether oxygens (including phenoxy) is 1. The van der Waals surface area contributed by atoms with E-state index in [-0.39, 0.29) is 28.5 Å². The van der Waals surface area contributed by atoms with E-state index >= 15 is 0 Å². The van der Waals surface area contributed by atoms with Crippen molar-refractivity contribution in [2.75, 3.05) is 13.2 Å². The second-order valence-electron chi connectivity index (χ2n) is 9.20. The Morgan fingerprint density at radius 1 is 1.24 bits per heavy atom. The molecule has 3 heterocycles. The largest absolute Gasteiger partial charge is 0.493 e. The lowest BCUT2D eigenvalue weighted by Crippen LogP contribution is -2.46. The maximum absolute atomic E-state index is 13.6. The smallest absolute Gasteiger partial charge is 0.185 e. The van der Waals surface area contributed by atoms with E-state index in [4.69, 9.17) is 4.74 Å². The highest BCUT2D eigenvalue weighted by Crippen LogP contribution is 2.46. The fourth-order valence-corrected chi connectivity index (χ4v) is 7.04. The Morgan fingerprint density at radius 2 is 2.03 bits per heavy atom. The summed E-state index contributed by atoms with van der Waals surface area (Å²) in [6.07, 6.45) is 3.23. The van der Waals surface area contributed by atoms with Crippen molar-refractivity contribution in [3.8, 4) is 5.75 Å². The summed E-state index contributed by atoms with van der Waals surface area (Å²) >= 11 is 1.07. The van der Waals surface area contributed by atoms with Gasteiger partial charge >= 0.3 is 0 Å². The number of sulfone groups is 1. The van der Waals surface area contributed by atoms with Gasteiger partial charge in [-0.05, 0) is 61.1 Å². The predicted molar refractivity (Wildman–Crippen MR) is 126 cm³/mol. The van der Waals surface area contributed by atoms with Crippen LogP contribution in [0.5, 0.6) is 5.75 Å². The van der Waals surface area contributed by atoms with E-state index in [9.17, 15) is 17.9 Å². The molecule has 0 saturated carbocycles. The number of piperidine rings is 1. The maximum atomic E-state index is 13.6. The van der Waals surface area contributed by atoms with Gasteiger partial charge in [0.25, 0.3) is 0 Å². The van der Waals surface area contributed by atoms with Crippen LogP contribution in [0, 0.1) is 5.82 Å². The quantitative estimate of drug-likeness (QED) is 0.561. The van der Waals surface area contributed by atoms with Gasteiger partial charge in [-0.25, -0.2) is 17.8 Å². The summed E-state index contributed by atoms with van der Waals surface area (Å²) in [4.78, 5) is 6.52. The number of fused-ring (bicyclic) bond motifs is 1. The topological polar surface area (TPSA) is 92.6 Å². The van der Waals surface area contributed by atoms with E-state index in [1.54, 1.807) is 24.3 Å². The van der Waals surface area contributed by atoms with Gasteiger partial charge in [-0.2, -0.15) is 4.37 Å². The first kappa shape index (κ1) is 23.3. The first-order valence-corrected chi connectivity index (χ1v) is 13.6. The summed E-state index contributed by atoms with van der Waals surface area (Å²) in [6, 6.07) is 11.4. The Labute approximate surface area is 202 Å². The highest BCUT2D eigenvalue weighted by Gasteiger charge is 2.40. The fourth-order valence-electron chi connectivity index (χ4n) is 4.92. The zero-order valence-corrected chi connectivity index (χ0v) is 20.4. The summed E-state index contributed by atoms with van der Waals surface area (Å²) in [7, 11) is -3.59. The normalized spacial score (nSPS) is 25.5. The minimum absolute atomic E-state index is 0.00480. The number of benzene rings is 2. The molecule has 2 aliphatic rings. The van der Waals surface area contributed by atoms with Crippen molar-refractivity contribution >= 4 is 21.4 Å². The van der Waals surface area contributed by atoms with Crippen LogP contribution in [0.1, 0.15) is 54.4 Å².